The first-order valence-electron chi connectivity index (χ1n) is 9.01. The molecular formula is C21H22ClN3O3. The van der Waals surface area contributed by atoms with Crippen molar-refractivity contribution < 1.29 is 14.4 Å². The Bertz CT molecular complexity index is 898. The molecule has 3 amide bonds. The normalized spacial score (nSPS) is 16.2. The van der Waals surface area contributed by atoms with E-state index in [0.717, 1.165) is 11.3 Å². The van der Waals surface area contributed by atoms with Crippen molar-refractivity contribution in [2.75, 3.05) is 23.8 Å². The lowest BCUT2D eigenvalue weighted by Crippen LogP contribution is -2.28. The smallest absolute Gasteiger partial charge is 0.229 e. The van der Waals surface area contributed by atoms with Gasteiger partial charge < -0.3 is 15.1 Å². The fraction of sp³-hybridized carbons (Fsp3) is 0.286. The van der Waals surface area contributed by atoms with Crippen LogP contribution in [-0.2, 0) is 20.9 Å². The molecule has 2 aromatic rings. The highest BCUT2D eigenvalue weighted by molar-refractivity contribution is 6.30. The first kappa shape index (κ1) is 19.9. The quantitative estimate of drug-likeness (QED) is 0.838. The molecule has 0 radical (unpaired) electrons. The minimum Gasteiger partial charge on any atom is -0.342 e. The van der Waals surface area contributed by atoms with Gasteiger partial charge in [0.1, 0.15) is 0 Å². The third-order valence-corrected chi connectivity index (χ3v) is 5.04. The molecule has 3 rings (SSSR count). The van der Waals surface area contributed by atoms with Crippen LogP contribution < -0.4 is 10.2 Å². The number of amides is 3. The zero-order valence-corrected chi connectivity index (χ0v) is 16.6. The van der Waals surface area contributed by atoms with Crippen molar-refractivity contribution in [3.05, 3.63) is 59.1 Å². The van der Waals surface area contributed by atoms with Gasteiger partial charge in [-0.15, -0.1) is 0 Å². The van der Waals surface area contributed by atoms with Crippen molar-refractivity contribution in [1.29, 1.82) is 0 Å². The first-order chi connectivity index (χ1) is 13.3. The number of carbonyl (C=O) groups is 3. The van der Waals surface area contributed by atoms with Gasteiger partial charge in [-0.2, -0.15) is 0 Å². The van der Waals surface area contributed by atoms with E-state index in [0.29, 0.717) is 23.8 Å². The molecule has 0 aromatic heterocycles. The molecule has 1 N–H and O–H groups in total. The third-order valence-electron chi connectivity index (χ3n) is 4.79. The molecule has 0 bridgehead atoms. The standard InChI is InChI=1S/C21H22ClN3O3/c1-14(26)24(2)12-15-4-3-5-18(10-15)23-21(28)16-11-20(27)25(13-16)19-8-6-17(22)7-9-19/h3-10,16H,11-13H2,1-2H3,(H,23,28). The summed E-state index contributed by atoms with van der Waals surface area (Å²) >= 11 is 5.90. The highest BCUT2D eigenvalue weighted by Crippen LogP contribution is 2.27. The molecule has 28 heavy (non-hydrogen) atoms. The Morgan fingerprint density at radius 3 is 2.61 bits per heavy atom. The number of halogens is 1. The summed E-state index contributed by atoms with van der Waals surface area (Å²) in [5.74, 6) is -0.728. The molecule has 1 saturated heterocycles. The summed E-state index contributed by atoms with van der Waals surface area (Å²) in [7, 11) is 1.73. The molecule has 2 aromatic carbocycles. The molecule has 0 aliphatic carbocycles. The number of anilines is 2. The number of carbonyl (C=O) groups excluding carboxylic acids is 3. The van der Waals surface area contributed by atoms with E-state index in [1.165, 1.54) is 6.92 Å². The fourth-order valence-corrected chi connectivity index (χ4v) is 3.26. The summed E-state index contributed by atoms with van der Waals surface area (Å²) in [6.07, 6.45) is 0.168. The van der Waals surface area contributed by atoms with Gasteiger partial charge in [0.05, 0.1) is 5.92 Å². The van der Waals surface area contributed by atoms with E-state index in [1.807, 2.05) is 18.2 Å². The Hall–Kier alpha value is -2.86. The lowest BCUT2D eigenvalue weighted by molar-refractivity contribution is -0.128. The molecule has 1 unspecified atom stereocenters. The SMILES string of the molecule is CC(=O)N(C)Cc1cccc(NC(=O)C2CC(=O)N(c3ccc(Cl)cc3)C2)c1. The largest absolute Gasteiger partial charge is 0.342 e. The van der Waals surface area contributed by atoms with E-state index in [-0.39, 0.29) is 24.1 Å². The van der Waals surface area contributed by atoms with Crippen LogP contribution in [0.25, 0.3) is 0 Å². The molecule has 7 heteroatoms. The summed E-state index contributed by atoms with van der Waals surface area (Å²) in [6.45, 7) is 2.31. The summed E-state index contributed by atoms with van der Waals surface area (Å²) in [5.41, 5.74) is 2.30. The van der Waals surface area contributed by atoms with Crippen molar-refractivity contribution in [2.45, 2.75) is 19.9 Å². The Morgan fingerprint density at radius 1 is 1.21 bits per heavy atom. The Kier molecular flexibility index (Phi) is 5.99. The van der Waals surface area contributed by atoms with Crippen molar-refractivity contribution in [3.8, 4) is 0 Å². The monoisotopic (exact) mass is 399 g/mol. The van der Waals surface area contributed by atoms with E-state index in [1.54, 1.807) is 47.2 Å². The molecule has 146 valence electrons. The molecule has 1 aliphatic heterocycles. The van der Waals surface area contributed by atoms with Crippen LogP contribution in [0.15, 0.2) is 48.5 Å². The summed E-state index contributed by atoms with van der Waals surface area (Å²) < 4.78 is 0. The lowest BCUT2D eigenvalue weighted by Gasteiger charge is -2.17. The Morgan fingerprint density at radius 2 is 1.93 bits per heavy atom. The van der Waals surface area contributed by atoms with Gasteiger partial charge in [-0.3, -0.25) is 14.4 Å². The first-order valence-corrected chi connectivity index (χ1v) is 9.38. The van der Waals surface area contributed by atoms with E-state index in [4.69, 9.17) is 11.6 Å². The van der Waals surface area contributed by atoms with Crippen molar-refractivity contribution >= 4 is 40.7 Å². The maximum atomic E-state index is 12.7. The van der Waals surface area contributed by atoms with Crippen LogP contribution in [0.1, 0.15) is 18.9 Å². The molecule has 1 fully saturated rings. The highest BCUT2D eigenvalue weighted by atomic mass is 35.5. The Balaban J connectivity index is 1.64. The minimum absolute atomic E-state index is 0.0267. The second kappa shape index (κ2) is 8.44. The van der Waals surface area contributed by atoms with Crippen LogP contribution in [-0.4, -0.2) is 36.2 Å². The van der Waals surface area contributed by atoms with Crippen LogP contribution >= 0.6 is 11.6 Å². The van der Waals surface area contributed by atoms with Gasteiger partial charge in [0.25, 0.3) is 0 Å². The molecule has 1 aliphatic rings. The van der Waals surface area contributed by atoms with Crippen molar-refractivity contribution in [2.24, 2.45) is 5.92 Å². The number of nitrogens with zero attached hydrogens (tertiary/aromatic N) is 2. The lowest BCUT2D eigenvalue weighted by atomic mass is 10.1. The van der Waals surface area contributed by atoms with Gasteiger partial charge in [0, 0.05) is 49.9 Å². The van der Waals surface area contributed by atoms with Gasteiger partial charge >= 0.3 is 0 Å². The topological polar surface area (TPSA) is 69.7 Å². The second-order valence-electron chi connectivity index (χ2n) is 6.95. The average molecular weight is 400 g/mol. The fourth-order valence-electron chi connectivity index (χ4n) is 3.13. The zero-order chi connectivity index (χ0) is 20.3. The number of hydrogen-bond donors (Lipinski definition) is 1. The average Bonchev–Trinajstić information content (AvgIpc) is 3.04. The molecular weight excluding hydrogens is 378 g/mol. The molecule has 0 spiro atoms. The van der Waals surface area contributed by atoms with Crippen LogP contribution in [0, 0.1) is 5.92 Å². The molecule has 0 saturated carbocycles. The summed E-state index contributed by atoms with van der Waals surface area (Å²) in [4.78, 5) is 39.6. The maximum absolute atomic E-state index is 12.7. The number of hydrogen-bond acceptors (Lipinski definition) is 3. The zero-order valence-electron chi connectivity index (χ0n) is 15.8. The molecule has 1 atom stereocenters. The second-order valence-corrected chi connectivity index (χ2v) is 7.38. The molecule has 1 heterocycles. The van der Waals surface area contributed by atoms with Crippen LogP contribution in [0.4, 0.5) is 11.4 Å². The van der Waals surface area contributed by atoms with E-state index < -0.39 is 5.92 Å². The van der Waals surface area contributed by atoms with Crippen LogP contribution in [0.3, 0.4) is 0 Å². The number of nitrogens with one attached hydrogen (secondary N) is 1. The van der Waals surface area contributed by atoms with E-state index in [2.05, 4.69) is 5.32 Å². The predicted molar refractivity (Wildman–Crippen MR) is 109 cm³/mol. The minimum atomic E-state index is -0.424. The third kappa shape index (κ3) is 4.70. The number of rotatable bonds is 5. The van der Waals surface area contributed by atoms with Gasteiger partial charge in [-0.05, 0) is 42.0 Å². The van der Waals surface area contributed by atoms with Crippen LogP contribution in [0.2, 0.25) is 5.02 Å². The predicted octanol–water partition coefficient (Wildman–Crippen LogP) is 3.31. The maximum Gasteiger partial charge on any atom is 0.229 e. The summed E-state index contributed by atoms with van der Waals surface area (Å²) in [5, 5.41) is 3.48. The van der Waals surface area contributed by atoms with E-state index >= 15 is 0 Å². The van der Waals surface area contributed by atoms with Crippen molar-refractivity contribution in [1.82, 2.24) is 4.90 Å². The summed E-state index contributed by atoms with van der Waals surface area (Å²) in [6, 6.07) is 14.4. The van der Waals surface area contributed by atoms with Gasteiger partial charge in [-0.25, -0.2) is 0 Å². The van der Waals surface area contributed by atoms with Gasteiger partial charge in [-0.1, -0.05) is 23.7 Å². The van der Waals surface area contributed by atoms with E-state index in [9.17, 15) is 14.4 Å². The number of benzene rings is 2. The van der Waals surface area contributed by atoms with Crippen molar-refractivity contribution in [3.63, 3.8) is 0 Å². The highest BCUT2D eigenvalue weighted by Gasteiger charge is 2.35. The van der Waals surface area contributed by atoms with Gasteiger partial charge in [0.2, 0.25) is 17.7 Å². The molecule has 6 nitrogen and oxygen atoms in total. The van der Waals surface area contributed by atoms with Crippen LogP contribution in [0.5, 0.6) is 0 Å². The van der Waals surface area contributed by atoms with Gasteiger partial charge in [0.15, 0.2) is 0 Å². The Labute approximate surface area is 169 Å².